The van der Waals surface area contributed by atoms with Crippen molar-refractivity contribution >= 4 is 23.8 Å². The van der Waals surface area contributed by atoms with Gasteiger partial charge >= 0.3 is 17.9 Å². The van der Waals surface area contributed by atoms with E-state index >= 15 is 0 Å². The van der Waals surface area contributed by atoms with Gasteiger partial charge in [-0.25, -0.2) is 0 Å². The molecule has 0 aromatic rings. The highest BCUT2D eigenvalue weighted by Gasteiger charge is 2.29. The molecule has 0 aliphatic rings. The Kier molecular flexibility index (Phi) is 43.3. The van der Waals surface area contributed by atoms with Crippen molar-refractivity contribution in [3.63, 3.8) is 0 Å². The van der Waals surface area contributed by atoms with Crippen LogP contribution in [-0.4, -0.2) is 74.2 Å². The predicted octanol–water partition coefficient (Wildman–Crippen LogP) is 13.4. The van der Waals surface area contributed by atoms with Crippen molar-refractivity contribution in [2.24, 2.45) is 5.92 Å². The fourth-order valence-electron chi connectivity index (χ4n) is 7.82. The van der Waals surface area contributed by atoms with Crippen LogP contribution in [0.25, 0.3) is 0 Å². The molecule has 0 spiro atoms. The number of esters is 3. The van der Waals surface area contributed by atoms with Crippen molar-refractivity contribution in [2.45, 2.75) is 259 Å². The van der Waals surface area contributed by atoms with Crippen LogP contribution in [-0.2, 0) is 33.4 Å². The Morgan fingerprint density at radius 3 is 1.30 bits per heavy atom. The summed E-state index contributed by atoms with van der Waals surface area (Å²) in [6, 6.07) is 0. The molecule has 0 heterocycles. The van der Waals surface area contributed by atoms with Crippen LogP contribution in [0.4, 0.5) is 0 Å². The normalized spacial score (nSPS) is 11.5. The first-order valence-electron chi connectivity index (χ1n) is 25.8. The Bertz CT molecular complexity index is 951. The van der Waals surface area contributed by atoms with Gasteiger partial charge in [0.1, 0.15) is 6.10 Å². The Labute approximate surface area is 370 Å². The number of carbonyl (C=O) groups is 4. The van der Waals surface area contributed by atoms with Crippen LogP contribution in [0.5, 0.6) is 0 Å². The van der Waals surface area contributed by atoms with Gasteiger partial charge in [-0.2, -0.15) is 0 Å². The van der Waals surface area contributed by atoms with Crippen molar-refractivity contribution in [1.29, 1.82) is 0 Å². The molecule has 0 radical (unpaired) electrons. The van der Waals surface area contributed by atoms with E-state index in [2.05, 4.69) is 37.9 Å². The third kappa shape index (κ3) is 38.7. The highest BCUT2D eigenvalue weighted by molar-refractivity contribution is 5.94. The van der Waals surface area contributed by atoms with Crippen LogP contribution in [0.2, 0.25) is 0 Å². The van der Waals surface area contributed by atoms with Crippen molar-refractivity contribution in [3.05, 3.63) is 0 Å². The second-order valence-corrected chi connectivity index (χ2v) is 17.6. The third-order valence-corrected chi connectivity index (χ3v) is 11.7. The Balaban J connectivity index is 4.70. The summed E-state index contributed by atoms with van der Waals surface area (Å²) in [5.74, 6) is -1.69. The maximum atomic E-state index is 12.9. The second kappa shape index (κ2) is 44.9. The average Bonchev–Trinajstić information content (AvgIpc) is 3.23. The van der Waals surface area contributed by atoms with Gasteiger partial charge in [0.2, 0.25) is 5.91 Å². The smallest absolute Gasteiger partial charge is 0.320 e. The van der Waals surface area contributed by atoms with E-state index in [9.17, 15) is 19.2 Å². The monoisotopic (exact) mass is 851 g/mol. The topological polar surface area (TPSA) is 111 Å². The summed E-state index contributed by atoms with van der Waals surface area (Å²) in [4.78, 5) is 52.6. The Morgan fingerprint density at radius 2 is 0.833 bits per heavy atom. The highest BCUT2D eigenvalue weighted by Crippen LogP contribution is 2.19. The summed E-state index contributed by atoms with van der Waals surface area (Å²) in [6.45, 7) is 14.8. The van der Waals surface area contributed by atoms with E-state index in [1.54, 1.807) is 6.92 Å². The molecule has 0 saturated carbocycles. The molecule has 354 valence electrons. The van der Waals surface area contributed by atoms with Gasteiger partial charge in [-0.3, -0.25) is 19.2 Å². The van der Waals surface area contributed by atoms with Gasteiger partial charge in [-0.05, 0) is 90.3 Å². The fraction of sp³-hybridized carbons (Fsp3) is 0.922. The number of rotatable bonds is 46. The molecule has 9 nitrogen and oxygen atoms in total. The molecule has 0 aliphatic carbocycles. The molecule has 1 N–H and O–H groups in total. The highest BCUT2D eigenvalue weighted by atomic mass is 16.6. The largest absolute Gasteiger partial charge is 0.465 e. The molecule has 0 saturated heterocycles. The molecule has 0 unspecified atom stereocenters. The maximum Gasteiger partial charge on any atom is 0.320 e. The van der Waals surface area contributed by atoms with Gasteiger partial charge in [0.05, 0.1) is 13.2 Å². The summed E-state index contributed by atoms with van der Waals surface area (Å²) in [7, 11) is 0. The minimum Gasteiger partial charge on any atom is -0.465 e. The van der Waals surface area contributed by atoms with Gasteiger partial charge in [-0.15, -0.1) is 0 Å². The average molecular weight is 851 g/mol. The number of nitrogens with zero attached hydrogens (tertiary/aromatic N) is 1. The van der Waals surface area contributed by atoms with Crippen LogP contribution in [0.15, 0.2) is 0 Å². The van der Waals surface area contributed by atoms with E-state index < -0.39 is 17.9 Å². The first-order valence-corrected chi connectivity index (χ1v) is 25.8. The number of carbonyl (C=O) groups excluding carboxylic acids is 4. The molecule has 0 aliphatic heterocycles. The van der Waals surface area contributed by atoms with Crippen molar-refractivity contribution < 1.29 is 33.4 Å². The molecule has 0 aromatic heterocycles. The summed E-state index contributed by atoms with van der Waals surface area (Å²) >= 11 is 0. The summed E-state index contributed by atoms with van der Waals surface area (Å²) in [6.07, 6.45) is 36.6. The zero-order valence-corrected chi connectivity index (χ0v) is 40.2. The molecule has 1 amide bonds. The fourth-order valence-corrected chi connectivity index (χ4v) is 7.82. The molecule has 0 fully saturated rings. The third-order valence-electron chi connectivity index (χ3n) is 11.7. The molecule has 0 aromatic carbocycles. The molecular formula is C51H98N2O7. The quantitative estimate of drug-likeness (QED) is 0.0279. The van der Waals surface area contributed by atoms with Crippen molar-refractivity contribution in [2.75, 3.05) is 39.4 Å². The lowest BCUT2D eigenvalue weighted by atomic mass is 10.0. The lowest BCUT2D eigenvalue weighted by Gasteiger charge is -2.22. The zero-order valence-electron chi connectivity index (χ0n) is 40.2. The van der Waals surface area contributed by atoms with E-state index in [1.807, 2.05) is 0 Å². The van der Waals surface area contributed by atoms with Gasteiger partial charge in [0, 0.05) is 19.9 Å². The summed E-state index contributed by atoms with van der Waals surface area (Å²) < 4.78 is 17.1. The summed E-state index contributed by atoms with van der Waals surface area (Å²) in [5, 5.41) is 2.93. The summed E-state index contributed by atoms with van der Waals surface area (Å²) in [5.41, 5.74) is 0. The van der Waals surface area contributed by atoms with Crippen molar-refractivity contribution in [3.8, 4) is 0 Å². The number of ether oxygens (including phenoxy) is 3. The molecule has 9 heteroatoms. The van der Waals surface area contributed by atoms with Crippen molar-refractivity contribution in [1.82, 2.24) is 10.2 Å². The predicted molar refractivity (Wildman–Crippen MR) is 250 cm³/mol. The van der Waals surface area contributed by atoms with Gasteiger partial charge in [0.15, 0.2) is 5.92 Å². The zero-order chi connectivity index (χ0) is 44.2. The number of unbranched alkanes of at least 4 members (excludes halogenated alkanes) is 23. The van der Waals surface area contributed by atoms with Gasteiger partial charge in [-0.1, -0.05) is 169 Å². The first-order chi connectivity index (χ1) is 29.3. The van der Waals surface area contributed by atoms with E-state index in [0.717, 1.165) is 161 Å². The maximum absolute atomic E-state index is 12.9. The Morgan fingerprint density at radius 1 is 0.450 bits per heavy atom. The van der Waals surface area contributed by atoms with E-state index in [-0.39, 0.29) is 18.0 Å². The lowest BCUT2D eigenvalue weighted by molar-refractivity contribution is -0.162. The van der Waals surface area contributed by atoms with E-state index in [4.69, 9.17) is 14.2 Å². The van der Waals surface area contributed by atoms with Crippen LogP contribution >= 0.6 is 0 Å². The van der Waals surface area contributed by atoms with Crippen LogP contribution in [0, 0.1) is 5.92 Å². The van der Waals surface area contributed by atoms with E-state index in [1.165, 1.54) is 64.2 Å². The van der Waals surface area contributed by atoms with Crippen LogP contribution in [0.1, 0.15) is 253 Å². The lowest BCUT2D eigenvalue weighted by Crippen LogP contribution is -2.30. The number of nitrogens with one attached hydrogen (secondary N) is 1. The van der Waals surface area contributed by atoms with Crippen LogP contribution in [0.3, 0.4) is 0 Å². The van der Waals surface area contributed by atoms with Gasteiger partial charge < -0.3 is 24.4 Å². The number of hydrogen-bond donors (Lipinski definition) is 1. The van der Waals surface area contributed by atoms with E-state index in [0.29, 0.717) is 32.6 Å². The minimum atomic E-state index is -0.833. The molecule has 0 rings (SSSR count). The standard InChI is InChI=1S/C51H98N2O7/c1-6-10-14-18-21-27-36-47(37-28-22-19-15-11-7-2)60-49(55)39-30-23-20-25-31-41-53(43-35-40-52-46(5)54)42-32-26-24-29-38-48(50(56)58-44-33-16-12-8-3)51(57)59-45-34-17-13-9-4/h47-48H,6-45H2,1-5H3,(H,52,54). The second-order valence-electron chi connectivity index (χ2n) is 17.6. The molecule has 0 atom stereocenters. The van der Waals surface area contributed by atoms with Crippen LogP contribution < -0.4 is 5.32 Å². The molecular weight excluding hydrogens is 753 g/mol. The number of hydrogen-bond acceptors (Lipinski definition) is 8. The Hall–Kier alpha value is -2.16. The minimum absolute atomic E-state index is 0.00620. The molecule has 60 heavy (non-hydrogen) atoms. The SMILES string of the molecule is CCCCCCCCC(CCCCCCCC)OC(=O)CCCCCCCN(CCCCCCC(C(=O)OCCCCCC)C(=O)OCCCCCC)CCCNC(C)=O. The van der Waals surface area contributed by atoms with Gasteiger partial charge in [0.25, 0.3) is 0 Å². The first kappa shape index (κ1) is 57.8. The molecule has 0 bridgehead atoms. The number of amides is 1.